The van der Waals surface area contributed by atoms with Crippen LogP contribution < -0.4 is 24.3 Å². The highest BCUT2D eigenvalue weighted by atomic mass is 16.6. The van der Waals surface area contributed by atoms with Crippen molar-refractivity contribution in [1.29, 1.82) is 0 Å². The van der Waals surface area contributed by atoms with Crippen molar-refractivity contribution in [2.45, 2.75) is 0 Å². The molecule has 0 atom stereocenters. The Morgan fingerprint density at radius 3 is 2.52 bits per heavy atom. The number of methoxy groups -OCH3 is 2. The number of amides is 1. The number of fused-ring (bicyclic) bond motifs is 1. The Balaban J connectivity index is 1.50. The average Bonchev–Trinajstić information content (AvgIpc) is 2.76. The Morgan fingerprint density at radius 1 is 1.00 bits per heavy atom. The molecular formula is C21H21NO7. The monoisotopic (exact) mass is 399 g/mol. The van der Waals surface area contributed by atoms with Gasteiger partial charge in [-0.05, 0) is 35.9 Å². The fraction of sp³-hybridized carbons (Fsp3) is 0.238. The van der Waals surface area contributed by atoms with E-state index >= 15 is 0 Å². The summed E-state index contributed by atoms with van der Waals surface area (Å²) in [6, 6.07) is 10.3. The van der Waals surface area contributed by atoms with Gasteiger partial charge in [0.15, 0.2) is 29.6 Å². The van der Waals surface area contributed by atoms with E-state index in [0.29, 0.717) is 41.9 Å². The lowest BCUT2D eigenvalue weighted by Gasteiger charge is -2.18. The van der Waals surface area contributed by atoms with Crippen molar-refractivity contribution in [3.05, 3.63) is 48.0 Å². The first-order valence-corrected chi connectivity index (χ1v) is 8.85. The Kier molecular flexibility index (Phi) is 6.57. The average molecular weight is 399 g/mol. The number of benzene rings is 2. The minimum Gasteiger partial charge on any atom is -0.493 e. The zero-order valence-corrected chi connectivity index (χ0v) is 16.1. The topological polar surface area (TPSA) is 92.3 Å². The number of esters is 1. The molecule has 8 nitrogen and oxygen atoms in total. The molecule has 3 rings (SSSR count). The van der Waals surface area contributed by atoms with Crippen LogP contribution in [0.4, 0.5) is 5.69 Å². The fourth-order valence-electron chi connectivity index (χ4n) is 2.62. The van der Waals surface area contributed by atoms with Crippen LogP contribution in [0.5, 0.6) is 23.0 Å². The predicted molar refractivity (Wildman–Crippen MR) is 106 cm³/mol. The van der Waals surface area contributed by atoms with Crippen molar-refractivity contribution in [3.8, 4) is 23.0 Å². The van der Waals surface area contributed by atoms with Gasteiger partial charge in [0, 0.05) is 17.8 Å². The molecule has 0 saturated carbocycles. The minimum atomic E-state index is -0.637. The number of rotatable bonds is 7. The van der Waals surface area contributed by atoms with E-state index in [1.807, 2.05) is 0 Å². The highest BCUT2D eigenvalue weighted by Gasteiger charge is 2.12. The van der Waals surface area contributed by atoms with Crippen LogP contribution in [0.3, 0.4) is 0 Å². The summed E-state index contributed by atoms with van der Waals surface area (Å²) in [6.45, 7) is 0.579. The van der Waals surface area contributed by atoms with Crippen LogP contribution in [0.2, 0.25) is 0 Å². The Labute approximate surface area is 168 Å². The third-order valence-electron chi connectivity index (χ3n) is 3.99. The molecule has 0 radical (unpaired) electrons. The van der Waals surface area contributed by atoms with E-state index in [0.717, 1.165) is 5.56 Å². The van der Waals surface area contributed by atoms with E-state index in [2.05, 4.69) is 5.32 Å². The van der Waals surface area contributed by atoms with E-state index in [-0.39, 0.29) is 0 Å². The molecule has 0 saturated heterocycles. The van der Waals surface area contributed by atoms with Gasteiger partial charge >= 0.3 is 5.97 Å². The SMILES string of the molecule is COc1ccc(NC(=O)COC(=O)/C=C/c2ccc3c(c2)OCCO3)cc1OC. The molecule has 0 aromatic heterocycles. The standard InChI is InChI=1S/C21H21NO7/c1-25-16-7-5-15(12-18(16)26-2)22-20(23)13-29-21(24)8-4-14-3-6-17-19(11-14)28-10-9-27-17/h3-8,11-12H,9-10,13H2,1-2H3,(H,22,23)/b8-4+. The second-order valence-corrected chi connectivity index (χ2v) is 5.96. The normalized spacial score (nSPS) is 12.3. The molecule has 0 spiro atoms. The van der Waals surface area contributed by atoms with Crippen molar-refractivity contribution in [1.82, 2.24) is 0 Å². The molecule has 2 aromatic rings. The number of ether oxygens (including phenoxy) is 5. The van der Waals surface area contributed by atoms with Crippen molar-refractivity contribution in [3.63, 3.8) is 0 Å². The van der Waals surface area contributed by atoms with Gasteiger partial charge in [0.1, 0.15) is 13.2 Å². The number of anilines is 1. The molecule has 8 heteroatoms. The lowest BCUT2D eigenvalue weighted by atomic mass is 10.2. The molecule has 2 aromatic carbocycles. The molecule has 152 valence electrons. The van der Waals surface area contributed by atoms with Crippen LogP contribution >= 0.6 is 0 Å². The second-order valence-electron chi connectivity index (χ2n) is 5.96. The minimum absolute atomic E-state index is 0.418. The second kappa shape index (κ2) is 9.50. The molecule has 1 amide bonds. The summed E-state index contributed by atoms with van der Waals surface area (Å²) in [6.07, 6.45) is 2.82. The van der Waals surface area contributed by atoms with Gasteiger partial charge < -0.3 is 29.0 Å². The van der Waals surface area contributed by atoms with Gasteiger partial charge in [-0.1, -0.05) is 6.07 Å². The summed E-state index contributed by atoms with van der Waals surface area (Å²) in [5, 5.41) is 2.63. The first kappa shape index (κ1) is 20.1. The van der Waals surface area contributed by atoms with Crippen LogP contribution in [0.25, 0.3) is 6.08 Å². The van der Waals surface area contributed by atoms with E-state index in [4.69, 9.17) is 23.7 Å². The van der Waals surface area contributed by atoms with Gasteiger partial charge in [-0.3, -0.25) is 4.79 Å². The molecular weight excluding hydrogens is 378 g/mol. The molecule has 29 heavy (non-hydrogen) atoms. The highest BCUT2D eigenvalue weighted by Crippen LogP contribution is 2.31. The summed E-state index contributed by atoms with van der Waals surface area (Å²) in [5.41, 5.74) is 1.25. The maximum atomic E-state index is 12.0. The molecule has 0 fully saturated rings. The van der Waals surface area contributed by atoms with Gasteiger partial charge in [0.2, 0.25) is 0 Å². The highest BCUT2D eigenvalue weighted by molar-refractivity contribution is 5.94. The Morgan fingerprint density at radius 2 is 1.76 bits per heavy atom. The lowest BCUT2D eigenvalue weighted by molar-refractivity contribution is -0.142. The van der Waals surface area contributed by atoms with Crippen LogP contribution in [0.1, 0.15) is 5.56 Å². The third-order valence-corrected chi connectivity index (χ3v) is 3.99. The first-order valence-electron chi connectivity index (χ1n) is 8.85. The smallest absolute Gasteiger partial charge is 0.331 e. The summed E-state index contributed by atoms with van der Waals surface area (Å²) in [5.74, 6) is 1.20. The lowest BCUT2D eigenvalue weighted by Crippen LogP contribution is -2.20. The zero-order valence-electron chi connectivity index (χ0n) is 16.1. The summed E-state index contributed by atoms with van der Waals surface area (Å²) in [7, 11) is 3.02. The van der Waals surface area contributed by atoms with Crippen LogP contribution in [-0.2, 0) is 14.3 Å². The molecule has 1 heterocycles. The fourth-order valence-corrected chi connectivity index (χ4v) is 2.62. The van der Waals surface area contributed by atoms with Crippen molar-refractivity contribution < 1.29 is 33.3 Å². The quantitative estimate of drug-likeness (QED) is 0.565. The summed E-state index contributed by atoms with van der Waals surface area (Å²) >= 11 is 0. The van der Waals surface area contributed by atoms with E-state index in [1.54, 1.807) is 42.5 Å². The van der Waals surface area contributed by atoms with Gasteiger partial charge in [-0.15, -0.1) is 0 Å². The molecule has 1 aliphatic rings. The van der Waals surface area contributed by atoms with Crippen molar-refractivity contribution in [2.75, 3.05) is 39.4 Å². The van der Waals surface area contributed by atoms with Crippen LogP contribution in [0, 0.1) is 0 Å². The van der Waals surface area contributed by atoms with Gasteiger partial charge in [-0.25, -0.2) is 4.79 Å². The van der Waals surface area contributed by atoms with Gasteiger partial charge in [-0.2, -0.15) is 0 Å². The molecule has 1 aliphatic heterocycles. The number of hydrogen-bond acceptors (Lipinski definition) is 7. The number of hydrogen-bond donors (Lipinski definition) is 1. The first-order chi connectivity index (χ1) is 14.1. The van der Waals surface area contributed by atoms with Crippen LogP contribution in [-0.4, -0.2) is 45.9 Å². The molecule has 0 aliphatic carbocycles. The van der Waals surface area contributed by atoms with E-state index < -0.39 is 18.5 Å². The van der Waals surface area contributed by atoms with Gasteiger partial charge in [0.05, 0.1) is 14.2 Å². The molecule has 0 bridgehead atoms. The zero-order chi connectivity index (χ0) is 20.6. The number of nitrogens with one attached hydrogen (secondary N) is 1. The molecule has 1 N–H and O–H groups in total. The van der Waals surface area contributed by atoms with Crippen molar-refractivity contribution >= 4 is 23.6 Å². The largest absolute Gasteiger partial charge is 0.493 e. The van der Waals surface area contributed by atoms with Gasteiger partial charge in [0.25, 0.3) is 5.91 Å². The third kappa shape index (κ3) is 5.41. The maximum absolute atomic E-state index is 12.0. The Hall–Kier alpha value is -3.68. The summed E-state index contributed by atoms with van der Waals surface area (Å²) in [4.78, 5) is 23.9. The summed E-state index contributed by atoms with van der Waals surface area (Å²) < 4.78 is 26.2. The van der Waals surface area contributed by atoms with E-state index in [9.17, 15) is 9.59 Å². The molecule has 0 unspecified atom stereocenters. The number of carbonyl (C=O) groups is 2. The predicted octanol–water partition coefficient (Wildman–Crippen LogP) is 2.67. The van der Waals surface area contributed by atoms with Crippen LogP contribution in [0.15, 0.2) is 42.5 Å². The maximum Gasteiger partial charge on any atom is 0.331 e. The number of carbonyl (C=O) groups excluding carboxylic acids is 2. The Bertz CT molecular complexity index is 923. The van der Waals surface area contributed by atoms with Crippen molar-refractivity contribution in [2.24, 2.45) is 0 Å². The van der Waals surface area contributed by atoms with E-state index in [1.165, 1.54) is 20.3 Å².